The van der Waals surface area contributed by atoms with E-state index in [0.717, 1.165) is 11.8 Å². The second kappa shape index (κ2) is 8.89. The molecule has 0 aromatic heterocycles. The second-order valence-electron chi connectivity index (χ2n) is 6.40. The molecule has 0 nitrogen and oxygen atoms in total. The van der Waals surface area contributed by atoms with Gasteiger partial charge in [0.15, 0.2) is 0 Å². The Morgan fingerprint density at radius 3 is 1.10 bits per heavy atom. The Kier molecular flexibility index (Phi) is 7.17. The van der Waals surface area contributed by atoms with Gasteiger partial charge in [0.05, 0.1) is 0 Å². The molecule has 0 spiro atoms. The van der Waals surface area contributed by atoms with Crippen molar-refractivity contribution in [2.24, 2.45) is 0 Å². The molecular weight excluding hydrogens is 331 g/mol. The summed E-state index contributed by atoms with van der Waals surface area (Å²) >= 11 is 0. The van der Waals surface area contributed by atoms with Gasteiger partial charge < -0.3 is 0 Å². The zero-order valence-electron chi connectivity index (χ0n) is 12.9. The Bertz CT molecular complexity index is 408. The zero-order valence-corrected chi connectivity index (χ0v) is 15.4. The van der Waals surface area contributed by atoms with Crippen LogP contribution in [-0.4, -0.2) is 0 Å². The zero-order chi connectivity index (χ0) is 13.6. The van der Waals surface area contributed by atoms with Crippen molar-refractivity contribution in [1.29, 1.82) is 0 Å². The van der Waals surface area contributed by atoms with Gasteiger partial charge in [-0.15, -0.1) is 0 Å². The fourth-order valence-corrected chi connectivity index (χ4v) is 3.84. The van der Waals surface area contributed by atoms with E-state index in [9.17, 15) is 0 Å². The summed E-state index contributed by atoms with van der Waals surface area (Å²) in [5.74, 6) is 1.80. The van der Waals surface area contributed by atoms with E-state index in [1.165, 1.54) is 51.4 Å². The first-order valence-corrected chi connectivity index (χ1v) is 8.37. The predicted octanol–water partition coefficient (Wildman–Crippen LogP) is 6.12. The molecule has 0 amide bonds. The van der Waals surface area contributed by atoms with Crippen molar-refractivity contribution in [3.63, 3.8) is 0 Å². The molecule has 0 aliphatic heterocycles. The van der Waals surface area contributed by atoms with Crippen LogP contribution in [0.3, 0.4) is 0 Å². The van der Waals surface area contributed by atoms with Crippen molar-refractivity contribution in [2.75, 3.05) is 0 Å². The third-order valence-corrected chi connectivity index (χ3v) is 5.03. The normalized spacial score (nSPS) is 19.0. The maximum atomic E-state index is 2.26. The monoisotopic (exact) mass is 356 g/mol. The molecule has 21 heavy (non-hydrogen) atoms. The smallest absolute Gasteiger partial charge is 0.213 e. The molecule has 2 aromatic rings. The minimum Gasteiger partial charge on any atom is -0.213 e. The van der Waals surface area contributed by atoms with E-state index in [1.807, 2.05) is 0 Å². The van der Waals surface area contributed by atoms with Gasteiger partial charge in [0.2, 0.25) is 0 Å². The Labute approximate surface area is 148 Å². The van der Waals surface area contributed by atoms with Crippen LogP contribution < -0.4 is 0 Å². The summed E-state index contributed by atoms with van der Waals surface area (Å²) in [6, 6.07) is 17.6. The van der Waals surface area contributed by atoms with Gasteiger partial charge in [-0.1, -0.05) is 63.2 Å². The number of hydrogen-bond acceptors (Lipinski definition) is 0. The molecule has 0 atom stereocenters. The van der Waals surface area contributed by atoms with Crippen molar-refractivity contribution in [3.05, 3.63) is 59.7 Å². The average Bonchev–Trinajstić information content (AvgIpc) is 3.29. The summed E-state index contributed by atoms with van der Waals surface area (Å²) in [6.07, 6.45) is 11.4. The van der Waals surface area contributed by atoms with Gasteiger partial charge in [0.1, 0.15) is 0 Å². The van der Waals surface area contributed by atoms with Crippen LogP contribution in [-0.2, 0) is 26.2 Å². The molecule has 110 valence electrons. The molecule has 0 bridgehead atoms. The molecule has 0 saturated heterocycles. The summed E-state index contributed by atoms with van der Waals surface area (Å²) in [6.45, 7) is 0. The van der Waals surface area contributed by atoms with Gasteiger partial charge in [-0.3, -0.25) is 0 Å². The molecular formula is C20H26Zr. The molecule has 1 heteroatoms. The molecule has 2 aliphatic rings. The van der Waals surface area contributed by atoms with E-state index in [1.54, 1.807) is 11.1 Å². The van der Waals surface area contributed by atoms with Crippen molar-refractivity contribution >= 4 is 0 Å². The first-order chi connectivity index (χ1) is 9.93. The molecule has 2 fully saturated rings. The largest absolute Gasteiger partial charge is 2.00 e. The summed E-state index contributed by atoms with van der Waals surface area (Å²) in [4.78, 5) is 0. The van der Waals surface area contributed by atoms with Crippen LogP contribution >= 0.6 is 0 Å². The minimum absolute atomic E-state index is 0. The average molecular weight is 358 g/mol. The third kappa shape index (κ3) is 4.78. The Balaban J connectivity index is 0.000000147. The van der Waals surface area contributed by atoms with E-state index in [2.05, 4.69) is 48.5 Å². The molecule has 4 rings (SSSR count). The first-order valence-electron chi connectivity index (χ1n) is 8.37. The summed E-state index contributed by atoms with van der Waals surface area (Å²) in [5, 5.41) is 0. The second-order valence-corrected chi connectivity index (χ2v) is 6.40. The summed E-state index contributed by atoms with van der Waals surface area (Å²) < 4.78 is 0. The standard InChI is InChI=1S/2C10H13.Zr/c2*1-2-6-9(5-1)10-7-3-4-8-10;/h2*1-2,5-6,10H,3-4,7-8H2;/q2*-1;+2. The third-order valence-electron chi connectivity index (χ3n) is 5.03. The van der Waals surface area contributed by atoms with Crippen LogP contribution in [0.25, 0.3) is 0 Å². The van der Waals surface area contributed by atoms with Crippen molar-refractivity contribution in [2.45, 2.75) is 63.2 Å². The van der Waals surface area contributed by atoms with Crippen molar-refractivity contribution in [3.8, 4) is 0 Å². The maximum absolute atomic E-state index is 2.26. The van der Waals surface area contributed by atoms with E-state index in [-0.39, 0.29) is 26.2 Å². The Hall–Kier alpha value is -0.417. The molecule has 2 aliphatic carbocycles. The van der Waals surface area contributed by atoms with Gasteiger partial charge in [0, 0.05) is 0 Å². The Morgan fingerprint density at radius 1 is 0.524 bits per heavy atom. The van der Waals surface area contributed by atoms with Crippen LogP contribution in [0.4, 0.5) is 0 Å². The summed E-state index contributed by atoms with van der Waals surface area (Å²) in [7, 11) is 0. The van der Waals surface area contributed by atoms with Crippen LogP contribution in [0, 0.1) is 0 Å². The predicted molar refractivity (Wildman–Crippen MR) is 86.5 cm³/mol. The first kappa shape index (κ1) is 16.9. The van der Waals surface area contributed by atoms with Gasteiger partial charge in [-0.25, -0.2) is 24.3 Å². The van der Waals surface area contributed by atoms with Gasteiger partial charge in [0.25, 0.3) is 0 Å². The number of rotatable bonds is 2. The maximum Gasteiger partial charge on any atom is 2.00 e. The molecule has 0 radical (unpaired) electrons. The van der Waals surface area contributed by atoms with Gasteiger partial charge >= 0.3 is 26.2 Å². The fourth-order valence-electron chi connectivity index (χ4n) is 3.84. The van der Waals surface area contributed by atoms with E-state index in [4.69, 9.17) is 0 Å². The molecule has 0 heterocycles. The van der Waals surface area contributed by atoms with Gasteiger partial charge in [-0.2, -0.15) is 35.4 Å². The minimum atomic E-state index is 0. The van der Waals surface area contributed by atoms with Crippen LogP contribution in [0.15, 0.2) is 48.5 Å². The molecule has 2 aromatic carbocycles. The SMILES string of the molecule is [Zr+2].c1cc[c-](C2CCCC2)c1.c1cc[c-](C2CCCC2)c1. The van der Waals surface area contributed by atoms with E-state index < -0.39 is 0 Å². The molecule has 0 N–H and O–H groups in total. The van der Waals surface area contributed by atoms with Crippen LogP contribution in [0.1, 0.15) is 74.3 Å². The summed E-state index contributed by atoms with van der Waals surface area (Å²) in [5.41, 5.74) is 3.13. The fraction of sp³-hybridized carbons (Fsp3) is 0.500. The number of hydrogen-bond donors (Lipinski definition) is 0. The van der Waals surface area contributed by atoms with Crippen LogP contribution in [0.2, 0.25) is 0 Å². The van der Waals surface area contributed by atoms with E-state index in [0.29, 0.717) is 0 Å². The van der Waals surface area contributed by atoms with E-state index >= 15 is 0 Å². The quantitative estimate of drug-likeness (QED) is 0.568. The topological polar surface area (TPSA) is 0 Å². The molecule has 0 unspecified atom stereocenters. The molecule has 2 saturated carbocycles. The van der Waals surface area contributed by atoms with Crippen molar-refractivity contribution in [1.82, 2.24) is 0 Å². The van der Waals surface area contributed by atoms with Crippen molar-refractivity contribution < 1.29 is 26.2 Å². The van der Waals surface area contributed by atoms with Gasteiger partial charge in [-0.05, 0) is 0 Å². The van der Waals surface area contributed by atoms with Crippen LogP contribution in [0.5, 0.6) is 0 Å². The Morgan fingerprint density at radius 2 is 0.810 bits per heavy atom.